The molecule has 1 aliphatic heterocycles. The SMILES string of the molecule is O=C(CCCCl)NC1CCN(C(=O)Cc2ccccc2)CC1. The fourth-order valence-electron chi connectivity index (χ4n) is 2.68. The molecule has 1 N–H and O–H groups in total. The summed E-state index contributed by atoms with van der Waals surface area (Å²) in [7, 11) is 0. The monoisotopic (exact) mass is 322 g/mol. The number of nitrogens with zero attached hydrogens (tertiary/aromatic N) is 1. The Labute approximate surface area is 136 Å². The molecule has 5 heteroatoms. The van der Waals surface area contributed by atoms with Crippen LogP contribution in [0.2, 0.25) is 0 Å². The van der Waals surface area contributed by atoms with E-state index in [0.29, 0.717) is 38.2 Å². The second-order valence-corrected chi connectivity index (χ2v) is 6.06. The maximum atomic E-state index is 12.3. The van der Waals surface area contributed by atoms with Gasteiger partial charge in [-0.15, -0.1) is 11.6 Å². The Hall–Kier alpha value is -1.55. The second kappa shape index (κ2) is 8.79. The van der Waals surface area contributed by atoms with E-state index in [2.05, 4.69) is 5.32 Å². The largest absolute Gasteiger partial charge is 0.353 e. The minimum absolute atomic E-state index is 0.0645. The zero-order chi connectivity index (χ0) is 15.8. The van der Waals surface area contributed by atoms with E-state index in [1.807, 2.05) is 35.2 Å². The van der Waals surface area contributed by atoms with Gasteiger partial charge in [-0.25, -0.2) is 0 Å². The molecule has 0 atom stereocenters. The number of amides is 2. The topological polar surface area (TPSA) is 49.4 Å². The lowest BCUT2D eigenvalue weighted by atomic mass is 10.0. The highest BCUT2D eigenvalue weighted by Crippen LogP contribution is 2.13. The van der Waals surface area contributed by atoms with Gasteiger partial charge < -0.3 is 10.2 Å². The van der Waals surface area contributed by atoms with Crippen LogP contribution in [0.3, 0.4) is 0 Å². The van der Waals surface area contributed by atoms with Gasteiger partial charge in [-0.05, 0) is 24.8 Å². The van der Waals surface area contributed by atoms with Crippen molar-refractivity contribution in [3.63, 3.8) is 0 Å². The van der Waals surface area contributed by atoms with Crippen LogP contribution in [-0.4, -0.2) is 41.7 Å². The van der Waals surface area contributed by atoms with Crippen LogP contribution in [0.25, 0.3) is 0 Å². The predicted octanol–water partition coefficient (Wildman–Crippen LogP) is 2.36. The predicted molar refractivity (Wildman–Crippen MR) is 87.8 cm³/mol. The number of halogens is 1. The van der Waals surface area contributed by atoms with E-state index < -0.39 is 0 Å². The Morgan fingerprint density at radius 1 is 1.18 bits per heavy atom. The number of carbonyl (C=O) groups excluding carboxylic acids is 2. The van der Waals surface area contributed by atoms with Crippen molar-refractivity contribution >= 4 is 23.4 Å². The number of rotatable bonds is 6. The highest BCUT2D eigenvalue weighted by molar-refractivity contribution is 6.17. The second-order valence-electron chi connectivity index (χ2n) is 5.68. The third-order valence-corrected chi connectivity index (χ3v) is 4.22. The van der Waals surface area contributed by atoms with Gasteiger partial charge in [0, 0.05) is 31.4 Å². The Morgan fingerprint density at radius 2 is 1.86 bits per heavy atom. The van der Waals surface area contributed by atoms with Gasteiger partial charge in [-0.2, -0.15) is 0 Å². The fraction of sp³-hybridized carbons (Fsp3) is 0.529. The number of hydrogen-bond acceptors (Lipinski definition) is 2. The van der Waals surface area contributed by atoms with E-state index in [4.69, 9.17) is 11.6 Å². The Kier molecular flexibility index (Phi) is 6.72. The Morgan fingerprint density at radius 3 is 2.50 bits per heavy atom. The van der Waals surface area contributed by atoms with Crippen molar-refractivity contribution in [3.05, 3.63) is 35.9 Å². The summed E-state index contributed by atoms with van der Waals surface area (Å²) in [6, 6.07) is 9.98. The summed E-state index contributed by atoms with van der Waals surface area (Å²) < 4.78 is 0. The molecule has 0 spiro atoms. The summed E-state index contributed by atoms with van der Waals surface area (Å²) in [6.07, 6.45) is 3.30. The minimum atomic E-state index is 0.0645. The smallest absolute Gasteiger partial charge is 0.226 e. The summed E-state index contributed by atoms with van der Waals surface area (Å²) in [5, 5.41) is 3.03. The first-order chi connectivity index (χ1) is 10.7. The molecular weight excluding hydrogens is 300 g/mol. The number of likely N-dealkylation sites (tertiary alicyclic amines) is 1. The highest BCUT2D eigenvalue weighted by atomic mass is 35.5. The lowest BCUT2D eigenvalue weighted by molar-refractivity contribution is -0.131. The van der Waals surface area contributed by atoms with Crippen molar-refractivity contribution in [2.45, 2.75) is 38.1 Å². The van der Waals surface area contributed by atoms with Crippen LogP contribution in [-0.2, 0) is 16.0 Å². The molecule has 1 aliphatic rings. The maximum Gasteiger partial charge on any atom is 0.226 e. The maximum absolute atomic E-state index is 12.3. The van der Waals surface area contributed by atoms with E-state index in [1.54, 1.807) is 0 Å². The fourth-order valence-corrected chi connectivity index (χ4v) is 2.82. The van der Waals surface area contributed by atoms with Crippen molar-refractivity contribution in [2.75, 3.05) is 19.0 Å². The summed E-state index contributed by atoms with van der Waals surface area (Å²) in [5.74, 6) is 0.743. The van der Waals surface area contributed by atoms with Crippen LogP contribution < -0.4 is 5.32 Å². The molecule has 120 valence electrons. The molecule has 2 rings (SSSR count). The van der Waals surface area contributed by atoms with E-state index in [0.717, 1.165) is 18.4 Å². The molecule has 2 amide bonds. The molecule has 0 aromatic heterocycles. The third kappa shape index (κ3) is 5.34. The van der Waals surface area contributed by atoms with Gasteiger partial charge in [0.05, 0.1) is 6.42 Å². The zero-order valence-corrected chi connectivity index (χ0v) is 13.5. The number of hydrogen-bond donors (Lipinski definition) is 1. The summed E-state index contributed by atoms with van der Waals surface area (Å²) in [6.45, 7) is 1.43. The molecule has 1 aromatic rings. The Bertz CT molecular complexity index is 485. The minimum Gasteiger partial charge on any atom is -0.353 e. The van der Waals surface area contributed by atoms with Gasteiger partial charge in [-0.3, -0.25) is 9.59 Å². The average Bonchev–Trinajstić information content (AvgIpc) is 2.54. The first-order valence-corrected chi connectivity index (χ1v) is 8.39. The van der Waals surface area contributed by atoms with E-state index in [9.17, 15) is 9.59 Å². The lowest BCUT2D eigenvalue weighted by Crippen LogP contribution is -2.46. The van der Waals surface area contributed by atoms with Gasteiger partial charge in [-0.1, -0.05) is 30.3 Å². The van der Waals surface area contributed by atoms with Gasteiger partial charge in [0.2, 0.25) is 11.8 Å². The summed E-state index contributed by atoms with van der Waals surface area (Å²) in [5.41, 5.74) is 1.05. The molecule has 1 aromatic carbocycles. The average molecular weight is 323 g/mol. The molecule has 22 heavy (non-hydrogen) atoms. The van der Waals surface area contributed by atoms with Gasteiger partial charge >= 0.3 is 0 Å². The van der Waals surface area contributed by atoms with Crippen LogP contribution in [0.5, 0.6) is 0 Å². The van der Waals surface area contributed by atoms with Crippen LogP contribution in [0, 0.1) is 0 Å². The molecule has 0 radical (unpaired) electrons. The number of carbonyl (C=O) groups is 2. The number of benzene rings is 1. The molecular formula is C17H23ClN2O2. The van der Waals surface area contributed by atoms with E-state index in [-0.39, 0.29) is 17.9 Å². The normalized spacial score (nSPS) is 15.6. The van der Waals surface area contributed by atoms with Gasteiger partial charge in [0.1, 0.15) is 0 Å². The molecule has 0 aliphatic carbocycles. The van der Waals surface area contributed by atoms with Gasteiger partial charge in [0.15, 0.2) is 0 Å². The van der Waals surface area contributed by atoms with Crippen molar-refractivity contribution < 1.29 is 9.59 Å². The summed E-state index contributed by atoms with van der Waals surface area (Å²) >= 11 is 5.58. The van der Waals surface area contributed by atoms with Crippen LogP contribution >= 0.6 is 11.6 Å². The molecule has 1 fully saturated rings. The van der Waals surface area contributed by atoms with E-state index in [1.165, 1.54) is 0 Å². The number of nitrogens with one attached hydrogen (secondary N) is 1. The number of alkyl halides is 1. The van der Waals surface area contributed by atoms with Crippen LogP contribution in [0.4, 0.5) is 0 Å². The molecule has 4 nitrogen and oxygen atoms in total. The Balaban J connectivity index is 1.72. The molecule has 1 heterocycles. The highest BCUT2D eigenvalue weighted by Gasteiger charge is 2.23. The quantitative estimate of drug-likeness (QED) is 0.817. The lowest BCUT2D eigenvalue weighted by Gasteiger charge is -2.32. The van der Waals surface area contributed by atoms with Crippen LogP contribution in [0.15, 0.2) is 30.3 Å². The van der Waals surface area contributed by atoms with Crippen molar-refractivity contribution in [1.82, 2.24) is 10.2 Å². The first kappa shape index (κ1) is 16.8. The standard InChI is InChI=1S/C17H23ClN2O2/c18-10-4-7-16(21)19-15-8-11-20(12-9-15)17(22)13-14-5-2-1-3-6-14/h1-3,5-6,15H,4,7-13H2,(H,19,21). The molecule has 1 saturated heterocycles. The van der Waals surface area contributed by atoms with Crippen LogP contribution in [0.1, 0.15) is 31.2 Å². The molecule has 0 bridgehead atoms. The molecule has 0 unspecified atom stereocenters. The molecule has 0 saturated carbocycles. The van der Waals surface area contributed by atoms with Crippen molar-refractivity contribution in [2.24, 2.45) is 0 Å². The third-order valence-electron chi connectivity index (χ3n) is 3.95. The summed E-state index contributed by atoms with van der Waals surface area (Å²) in [4.78, 5) is 25.8. The van der Waals surface area contributed by atoms with E-state index >= 15 is 0 Å². The zero-order valence-electron chi connectivity index (χ0n) is 12.8. The van der Waals surface area contributed by atoms with Crippen molar-refractivity contribution in [1.29, 1.82) is 0 Å². The van der Waals surface area contributed by atoms with Gasteiger partial charge in [0.25, 0.3) is 0 Å². The first-order valence-electron chi connectivity index (χ1n) is 7.86. The number of piperidine rings is 1. The van der Waals surface area contributed by atoms with Crippen molar-refractivity contribution in [3.8, 4) is 0 Å².